The van der Waals surface area contributed by atoms with Gasteiger partial charge in [0.1, 0.15) is 0 Å². The Hall–Kier alpha value is -1.96. The fraction of sp³-hybridized carbons (Fsp3) is 0.368. The Kier molecular flexibility index (Phi) is 3.40. The Balaban J connectivity index is 2.18. The van der Waals surface area contributed by atoms with Gasteiger partial charge in [0, 0.05) is 23.0 Å². The number of aliphatic imine (C=N–C) groups is 1. The van der Waals surface area contributed by atoms with Crippen LogP contribution in [-0.2, 0) is 12.8 Å². The molecule has 0 amide bonds. The van der Waals surface area contributed by atoms with Gasteiger partial charge in [-0.2, -0.15) is 0 Å². The largest absolute Gasteiger partial charge is 0.278 e. The van der Waals surface area contributed by atoms with Gasteiger partial charge in [-0.05, 0) is 50.8 Å². The monoisotopic (exact) mass is 278 g/mol. The highest BCUT2D eigenvalue weighted by molar-refractivity contribution is 6.14. The van der Waals surface area contributed by atoms with Crippen LogP contribution in [0, 0.1) is 6.92 Å². The van der Waals surface area contributed by atoms with Crippen molar-refractivity contribution in [3.8, 4) is 0 Å². The molecule has 0 atom stereocenters. The summed E-state index contributed by atoms with van der Waals surface area (Å²) in [6.07, 6.45) is 3.96. The summed E-state index contributed by atoms with van der Waals surface area (Å²) in [5.74, 6) is 0. The molecule has 0 N–H and O–H groups in total. The van der Waals surface area contributed by atoms with E-state index in [0.717, 1.165) is 29.8 Å². The van der Waals surface area contributed by atoms with E-state index in [-0.39, 0.29) is 5.54 Å². The van der Waals surface area contributed by atoms with Gasteiger partial charge < -0.3 is 0 Å². The second-order valence-corrected chi connectivity index (χ2v) is 6.43. The Labute approximate surface area is 127 Å². The van der Waals surface area contributed by atoms with Gasteiger partial charge in [-0.15, -0.1) is 0 Å². The van der Waals surface area contributed by atoms with E-state index in [0.29, 0.717) is 0 Å². The molecular formula is C19H22N2. The number of rotatable bonds is 2. The third kappa shape index (κ3) is 2.63. The molecule has 2 heteroatoms. The number of aryl methyl sites for hydroxylation is 2. The topological polar surface area (TPSA) is 25.2 Å². The van der Waals surface area contributed by atoms with Gasteiger partial charge in [-0.25, -0.2) is 0 Å². The molecule has 108 valence electrons. The molecule has 0 fully saturated rings. The van der Waals surface area contributed by atoms with Crippen molar-refractivity contribution in [1.29, 1.82) is 0 Å². The molecule has 2 aromatic rings. The highest BCUT2D eigenvalue weighted by Gasteiger charge is 2.27. The number of hydrogen-bond donors (Lipinski definition) is 0. The average Bonchev–Trinajstić information content (AvgIpc) is 2.46. The van der Waals surface area contributed by atoms with Crippen LogP contribution in [0.3, 0.4) is 0 Å². The van der Waals surface area contributed by atoms with Crippen LogP contribution in [0.4, 0.5) is 0 Å². The molecule has 0 saturated carbocycles. The maximum Gasteiger partial charge on any atom is 0.0744 e. The Morgan fingerprint density at radius 3 is 2.71 bits per heavy atom. The van der Waals surface area contributed by atoms with Crippen molar-refractivity contribution in [1.82, 2.24) is 4.98 Å². The zero-order valence-electron chi connectivity index (χ0n) is 13.3. The molecule has 0 bridgehead atoms. The van der Waals surface area contributed by atoms with E-state index >= 15 is 0 Å². The zero-order chi connectivity index (χ0) is 15.0. The summed E-state index contributed by atoms with van der Waals surface area (Å²) in [6.45, 7) is 8.65. The van der Waals surface area contributed by atoms with Crippen LogP contribution in [0.5, 0.6) is 0 Å². The fourth-order valence-electron chi connectivity index (χ4n) is 3.06. The van der Waals surface area contributed by atoms with Gasteiger partial charge in [0.15, 0.2) is 0 Å². The number of aromatic nitrogens is 1. The van der Waals surface area contributed by atoms with Gasteiger partial charge in [-0.3, -0.25) is 9.98 Å². The van der Waals surface area contributed by atoms with Crippen molar-refractivity contribution in [2.45, 2.75) is 46.1 Å². The maximum absolute atomic E-state index is 5.01. The van der Waals surface area contributed by atoms with Crippen molar-refractivity contribution in [2.75, 3.05) is 0 Å². The van der Waals surface area contributed by atoms with Crippen LogP contribution < -0.4 is 0 Å². The second kappa shape index (κ2) is 5.10. The number of hydrogen-bond acceptors (Lipinski definition) is 2. The zero-order valence-corrected chi connectivity index (χ0v) is 13.3. The van der Waals surface area contributed by atoms with Gasteiger partial charge in [0.25, 0.3) is 0 Å². The van der Waals surface area contributed by atoms with E-state index in [1.165, 1.54) is 16.7 Å². The second-order valence-electron chi connectivity index (χ2n) is 6.43. The molecule has 21 heavy (non-hydrogen) atoms. The summed E-state index contributed by atoms with van der Waals surface area (Å²) >= 11 is 0. The first kappa shape index (κ1) is 14.0. The van der Waals surface area contributed by atoms with Gasteiger partial charge in [-0.1, -0.05) is 31.2 Å². The van der Waals surface area contributed by atoms with Crippen LogP contribution in [0.15, 0.2) is 41.5 Å². The predicted octanol–water partition coefficient (Wildman–Crippen LogP) is 4.12. The molecule has 0 unspecified atom stereocenters. The van der Waals surface area contributed by atoms with E-state index < -0.39 is 0 Å². The SMILES string of the molecule is CCc1cc(C2=NC(C)(C)Cc3ccccc32)cnc1C. The van der Waals surface area contributed by atoms with E-state index in [1.807, 2.05) is 6.20 Å². The summed E-state index contributed by atoms with van der Waals surface area (Å²) in [5, 5.41) is 0. The molecule has 1 aliphatic rings. The van der Waals surface area contributed by atoms with Crippen LogP contribution >= 0.6 is 0 Å². The van der Waals surface area contributed by atoms with E-state index in [1.54, 1.807) is 0 Å². The lowest BCUT2D eigenvalue weighted by molar-refractivity contribution is 0.513. The first-order chi connectivity index (χ1) is 10.00. The lowest BCUT2D eigenvalue weighted by atomic mass is 9.85. The molecular weight excluding hydrogens is 256 g/mol. The minimum Gasteiger partial charge on any atom is -0.278 e. The molecule has 1 aliphatic heterocycles. The standard InChI is InChI=1S/C19H22N2/c1-5-14-10-16(12-20-13(14)2)18-17-9-7-6-8-15(17)11-19(3,4)21-18/h6-10,12H,5,11H2,1-4H3. The van der Waals surface area contributed by atoms with Crippen LogP contribution in [0.1, 0.15) is 48.7 Å². The Bertz CT molecular complexity index is 711. The molecule has 0 saturated heterocycles. The fourth-order valence-corrected chi connectivity index (χ4v) is 3.06. The van der Waals surface area contributed by atoms with Gasteiger partial charge in [0.05, 0.1) is 11.3 Å². The van der Waals surface area contributed by atoms with E-state index in [9.17, 15) is 0 Å². The quantitative estimate of drug-likeness (QED) is 0.811. The first-order valence-corrected chi connectivity index (χ1v) is 7.64. The summed E-state index contributed by atoms with van der Waals surface area (Å²) in [4.78, 5) is 9.57. The summed E-state index contributed by atoms with van der Waals surface area (Å²) in [7, 11) is 0. The number of fused-ring (bicyclic) bond motifs is 1. The van der Waals surface area contributed by atoms with Crippen molar-refractivity contribution in [3.05, 3.63) is 64.5 Å². The predicted molar refractivity (Wildman–Crippen MR) is 88.2 cm³/mol. The van der Waals surface area contributed by atoms with Crippen molar-refractivity contribution in [2.24, 2.45) is 4.99 Å². The molecule has 0 radical (unpaired) electrons. The summed E-state index contributed by atoms with van der Waals surface area (Å²) < 4.78 is 0. The molecule has 1 aromatic heterocycles. The third-order valence-corrected chi connectivity index (χ3v) is 4.16. The molecule has 0 aliphatic carbocycles. The Morgan fingerprint density at radius 2 is 1.95 bits per heavy atom. The maximum atomic E-state index is 5.01. The number of pyridine rings is 1. The highest BCUT2D eigenvalue weighted by atomic mass is 14.9. The molecule has 2 nitrogen and oxygen atoms in total. The summed E-state index contributed by atoms with van der Waals surface area (Å²) in [6, 6.07) is 10.8. The van der Waals surface area contributed by atoms with Gasteiger partial charge >= 0.3 is 0 Å². The molecule has 2 heterocycles. The third-order valence-electron chi connectivity index (χ3n) is 4.16. The van der Waals surface area contributed by atoms with E-state index in [2.05, 4.69) is 63.0 Å². The lowest BCUT2D eigenvalue weighted by Crippen LogP contribution is -2.29. The molecule has 0 spiro atoms. The minimum atomic E-state index is -0.0546. The molecule has 1 aromatic carbocycles. The smallest absolute Gasteiger partial charge is 0.0744 e. The Morgan fingerprint density at radius 1 is 1.19 bits per heavy atom. The first-order valence-electron chi connectivity index (χ1n) is 7.64. The lowest BCUT2D eigenvalue weighted by Gasteiger charge is -2.29. The average molecular weight is 278 g/mol. The van der Waals surface area contributed by atoms with Crippen LogP contribution in [0.2, 0.25) is 0 Å². The van der Waals surface area contributed by atoms with Crippen molar-refractivity contribution >= 4 is 5.71 Å². The number of benzene rings is 1. The van der Waals surface area contributed by atoms with Crippen molar-refractivity contribution in [3.63, 3.8) is 0 Å². The minimum absolute atomic E-state index is 0.0546. The van der Waals surface area contributed by atoms with Crippen LogP contribution in [0.25, 0.3) is 0 Å². The number of nitrogens with zero attached hydrogens (tertiary/aromatic N) is 2. The summed E-state index contributed by atoms with van der Waals surface area (Å²) in [5.41, 5.74) is 7.22. The normalized spacial score (nSPS) is 16.3. The van der Waals surface area contributed by atoms with Crippen molar-refractivity contribution < 1.29 is 0 Å². The highest BCUT2D eigenvalue weighted by Crippen LogP contribution is 2.29. The van der Waals surface area contributed by atoms with E-state index in [4.69, 9.17) is 4.99 Å². The van der Waals surface area contributed by atoms with Gasteiger partial charge in [0.2, 0.25) is 0 Å². The van der Waals surface area contributed by atoms with Crippen LogP contribution in [-0.4, -0.2) is 16.2 Å². The molecule has 3 rings (SSSR count).